The molecule has 1 aromatic rings. The summed E-state index contributed by atoms with van der Waals surface area (Å²) in [5, 5.41) is 0. The summed E-state index contributed by atoms with van der Waals surface area (Å²) in [5.74, 6) is 0.888. The van der Waals surface area contributed by atoms with Crippen LogP contribution in [0.15, 0.2) is 22.8 Å². The lowest BCUT2D eigenvalue weighted by atomic mass is 9.86. The number of Topliss-reactive ketones (excluding diaryl/α,β-unsaturated/α-hetero) is 1. The first kappa shape index (κ1) is 9.84. The van der Waals surface area contributed by atoms with E-state index in [9.17, 15) is 4.79 Å². The number of pyridine rings is 1. The fraction of sp³-hybridized carbons (Fsp3) is 0.455. The van der Waals surface area contributed by atoms with Gasteiger partial charge in [-0.1, -0.05) is 0 Å². The highest BCUT2D eigenvalue weighted by molar-refractivity contribution is 9.10. The van der Waals surface area contributed by atoms with Crippen LogP contribution >= 0.6 is 15.9 Å². The Labute approximate surface area is 91.9 Å². The van der Waals surface area contributed by atoms with Crippen molar-refractivity contribution in [3.8, 4) is 0 Å². The number of hydrogen-bond acceptors (Lipinski definition) is 2. The van der Waals surface area contributed by atoms with Crippen molar-refractivity contribution in [3.63, 3.8) is 0 Å². The van der Waals surface area contributed by atoms with Gasteiger partial charge in [-0.2, -0.15) is 0 Å². The second-order valence-electron chi connectivity index (χ2n) is 3.71. The number of hydrogen-bond donors (Lipinski definition) is 0. The minimum atomic E-state index is 0.401. The molecular weight excluding hydrogens is 242 g/mol. The Bertz CT molecular complexity index is 324. The van der Waals surface area contributed by atoms with Crippen LogP contribution in [-0.4, -0.2) is 10.8 Å². The molecule has 2 rings (SSSR count). The van der Waals surface area contributed by atoms with Crippen molar-refractivity contribution in [1.29, 1.82) is 0 Å². The maximum atomic E-state index is 11.1. The fourth-order valence-corrected chi connectivity index (χ4v) is 2.10. The van der Waals surface area contributed by atoms with Crippen LogP contribution in [0.5, 0.6) is 0 Å². The smallest absolute Gasteiger partial charge is 0.132 e. The first-order chi connectivity index (χ1) is 6.75. The van der Waals surface area contributed by atoms with Gasteiger partial charge >= 0.3 is 0 Å². The summed E-state index contributed by atoms with van der Waals surface area (Å²) in [4.78, 5) is 15.4. The van der Waals surface area contributed by atoms with E-state index < -0.39 is 0 Å². The molecule has 2 nitrogen and oxygen atoms in total. The van der Waals surface area contributed by atoms with Crippen molar-refractivity contribution in [2.75, 3.05) is 0 Å². The Balaban J connectivity index is 2.08. The summed E-state index contributed by atoms with van der Waals surface area (Å²) < 4.78 is 1.01. The standard InChI is InChI=1S/C11H12BrNO/c12-9-3-6-11(13-7-9)8-1-4-10(14)5-2-8/h3,6-8H,1-2,4-5H2. The molecule has 0 saturated heterocycles. The van der Waals surface area contributed by atoms with E-state index in [4.69, 9.17) is 0 Å². The maximum Gasteiger partial charge on any atom is 0.132 e. The number of carbonyl (C=O) groups excluding carboxylic acids is 1. The first-order valence-corrected chi connectivity index (χ1v) is 5.68. The van der Waals surface area contributed by atoms with Crippen LogP contribution in [0.1, 0.15) is 37.3 Å². The van der Waals surface area contributed by atoms with Gasteiger partial charge in [0.15, 0.2) is 0 Å². The van der Waals surface area contributed by atoms with Gasteiger partial charge in [0, 0.05) is 35.1 Å². The minimum absolute atomic E-state index is 0.401. The highest BCUT2D eigenvalue weighted by Crippen LogP contribution is 2.30. The molecule has 3 heteroatoms. The summed E-state index contributed by atoms with van der Waals surface area (Å²) in [6.07, 6.45) is 5.21. The van der Waals surface area contributed by atoms with Crippen molar-refractivity contribution in [3.05, 3.63) is 28.5 Å². The summed E-state index contributed by atoms with van der Waals surface area (Å²) in [5.41, 5.74) is 1.13. The lowest BCUT2D eigenvalue weighted by molar-refractivity contribution is -0.120. The molecule has 0 radical (unpaired) electrons. The largest absolute Gasteiger partial charge is 0.300 e. The van der Waals surface area contributed by atoms with E-state index in [0.717, 1.165) is 35.8 Å². The van der Waals surface area contributed by atoms with Gasteiger partial charge in [0.2, 0.25) is 0 Å². The maximum absolute atomic E-state index is 11.1. The monoisotopic (exact) mass is 253 g/mol. The second-order valence-corrected chi connectivity index (χ2v) is 4.63. The molecule has 1 heterocycles. The van der Waals surface area contributed by atoms with Crippen molar-refractivity contribution in [1.82, 2.24) is 4.98 Å². The van der Waals surface area contributed by atoms with Crippen molar-refractivity contribution >= 4 is 21.7 Å². The van der Waals surface area contributed by atoms with Crippen molar-refractivity contribution in [2.45, 2.75) is 31.6 Å². The van der Waals surface area contributed by atoms with Gasteiger partial charge in [-0.3, -0.25) is 9.78 Å². The van der Waals surface area contributed by atoms with Gasteiger partial charge in [-0.05, 0) is 40.9 Å². The molecule has 0 bridgehead atoms. The van der Waals surface area contributed by atoms with Crippen LogP contribution < -0.4 is 0 Å². The van der Waals surface area contributed by atoms with Crippen molar-refractivity contribution < 1.29 is 4.79 Å². The lowest BCUT2D eigenvalue weighted by Crippen LogP contribution is -2.13. The van der Waals surface area contributed by atoms with Gasteiger partial charge in [0.25, 0.3) is 0 Å². The highest BCUT2D eigenvalue weighted by Gasteiger charge is 2.20. The molecule has 14 heavy (non-hydrogen) atoms. The van der Waals surface area contributed by atoms with Gasteiger partial charge in [0.05, 0.1) is 0 Å². The molecule has 0 aliphatic heterocycles. The summed E-state index contributed by atoms with van der Waals surface area (Å²) in [6.45, 7) is 0. The van der Waals surface area contributed by atoms with E-state index in [2.05, 4.69) is 20.9 Å². The molecular formula is C11H12BrNO. The molecule has 0 aromatic carbocycles. The number of carbonyl (C=O) groups is 1. The van der Waals surface area contributed by atoms with Crippen molar-refractivity contribution in [2.24, 2.45) is 0 Å². The van der Waals surface area contributed by atoms with Crippen LogP contribution in [0.25, 0.3) is 0 Å². The Hall–Kier alpha value is -0.700. The number of nitrogens with zero attached hydrogens (tertiary/aromatic N) is 1. The quantitative estimate of drug-likeness (QED) is 0.770. The van der Waals surface area contributed by atoms with Gasteiger partial charge in [0.1, 0.15) is 5.78 Å². The second kappa shape index (κ2) is 4.22. The zero-order chi connectivity index (χ0) is 9.97. The van der Waals surface area contributed by atoms with Gasteiger partial charge in [-0.15, -0.1) is 0 Å². The Morgan fingerprint density at radius 3 is 2.57 bits per heavy atom. The Morgan fingerprint density at radius 1 is 1.29 bits per heavy atom. The SMILES string of the molecule is O=C1CCC(c2ccc(Br)cn2)CC1. The summed E-state index contributed by atoms with van der Waals surface area (Å²) in [6, 6.07) is 4.06. The number of ketones is 1. The van der Waals surface area contributed by atoms with Crippen LogP contribution in [0, 0.1) is 0 Å². The molecule has 0 amide bonds. The Kier molecular flexibility index (Phi) is 2.96. The molecule has 1 aromatic heterocycles. The topological polar surface area (TPSA) is 30.0 Å². The van der Waals surface area contributed by atoms with E-state index in [1.54, 1.807) is 0 Å². The molecule has 1 aliphatic rings. The molecule has 1 fully saturated rings. The van der Waals surface area contributed by atoms with E-state index >= 15 is 0 Å². The van der Waals surface area contributed by atoms with Crippen LogP contribution in [-0.2, 0) is 4.79 Å². The predicted octanol–water partition coefficient (Wildman–Crippen LogP) is 3.07. The van der Waals surface area contributed by atoms with Gasteiger partial charge in [-0.25, -0.2) is 0 Å². The third kappa shape index (κ3) is 2.21. The van der Waals surface area contributed by atoms with E-state index in [-0.39, 0.29) is 0 Å². The summed E-state index contributed by atoms with van der Waals surface area (Å²) in [7, 11) is 0. The molecule has 1 aliphatic carbocycles. The average Bonchev–Trinajstić information content (AvgIpc) is 2.21. The summed E-state index contributed by atoms with van der Waals surface area (Å²) >= 11 is 3.36. The van der Waals surface area contributed by atoms with E-state index in [1.807, 2.05) is 18.3 Å². The normalized spacial score (nSPS) is 18.5. The zero-order valence-electron chi connectivity index (χ0n) is 7.87. The van der Waals surface area contributed by atoms with E-state index in [1.165, 1.54) is 0 Å². The molecule has 0 N–H and O–H groups in total. The number of aromatic nitrogens is 1. The van der Waals surface area contributed by atoms with E-state index in [0.29, 0.717) is 11.7 Å². The van der Waals surface area contributed by atoms with Crippen LogP contribution in [0.4, 0.5) is 0 Å². The third-order valence-corrected chi connectivity index (χ3v) is 3.18. The molecule has 0 unspecified atom stereocenters. The average molecular weight is 254 g/mol. The fourth-order valence-electron chi connectivity index (χ4n) is 1.86. The number of rotatable bonds is 1. The highest BCUT2D eigenvalue weighted by atomic mass is 79.9. The third-order valence-electron chi connectivity index (χ3n) is 2.71. The number of halogens is 1. The first-order valence-electron chi connectivity index (χ1n) is 4.89. The zero-order valence-corrected chi connectivity index (χ0v) is 9.46. The van der Waals surface area contributed by atoms with Crippen LogP contribution in [0.2, 0.25) is 0 Å². The molecule has 74 valence electrons. The predicted molar refractivity (Wildman–Crippen MR) is 58.2 cm³/mol. The molecule has 1 saturated carbocycles. The minimum Gasteiger partial charge on any atom is -0.300 e. The molecule has 0 atom stereocenters. The molecule has 0 spiro atoms. The van der Waals surface area contributed by atoms with Crippen LogP contribution in [0.3, 0.4) is 0 Å². The lowest BCUT2D eigenvalue weighted by Gasteiger charge is -2.20. The van der Waals surface area contributed by atoms with Gasteiger partial charge < -0.3 is 0 Å². The Morgan fingerprint density at radius 2 is 2.00 bits per heavy atom.